The molecule has 19 nitrogen and oxygen atoms in total. The molecule has 0 aromatic carbocycles. The molecule has 0 aromatic rings. The number of nitrogens with two attached hydrogens (primary N) is 2. The first-order valence-corrected chi connectivity index (χ1v) is 16.0. The van der Waals surface area contributed by atoms with E-state index in [-0.39, 0.29) is 24.0 Å². The van der Waals surface area contributed by atoms with Gasteiger partial charge in [0.1, 0.15) is 36.6 Å². The fourth-order valence-electron chi connectivity index (χ4n) is 4.62. The molecule has 4 heterocycles. The quantitative estimate of drug-likeness (QED) is 0.104. The molecule has 2 saturated heterocycles. The molecule has 0 radical (unpaired) electrons. The number of carbonyl (C=O) groups is 2. The van der Waals surface area contributed by atoms with E-state index in [0.29, 0.717) is 0 Å². The summed E-state index contributed by atoms with van der Waals surface area (Å²) in [6.07, 6.45) is -2.14. The predicted molar refractivity (Wildman–Crippen MR) is 145 cm³/mol. The van der Waals surface area contributed by atoms with Gasteiger partial charge in [-0.15, -0.1) is 0 Å². The summed E-state index contributed by atoms with van der Waals surface area (Å²) in [7, 11) is -9.28. The third kappa shape index (κ3) is 7.83. The maximum absolute atomic E-state index is 13.0. The van der Waals surface area contributed by atoms with Gasteiger partial charge in [0.15, 0.2) is 12.5 Å². The van der Waals surface area contributed by atoms with Gasteiger partial charge in [-0.25, -0.2) is 9.13 Å². The average molecular weight is 668 g/mol. The molecule has 9 N–H and O–H groups in total. The largest absolute Gasteiger partial charge is 0.483 e. The second kappa shape index (κ2) is 13.9. The van der Waals surface area contributed by atoms with Crippen LogP contribution in [-0.4, -0.2) is 116 Å². The Bertz CT molecular complexity index is 1320. The molecule has 0 saturated carbocycles. The Morgan fingerprint density at radius 3 is 1.68 bits per heavy atom. The number of rotatable bonds is 13. The molecule has 0 aliphatic carbocycles. The molecular formula is C23H34N4O15P2. The van der Waals surface area contributed by atoms with Crippen LogP contribution in [-0.2, 0) is 46.1 Å². The molecular weight excluding hydrogens is 634 g/mol. The van der Waals surface area contributed by atoms with Gasteiger partial charge in [-0.3, -0.25) is 23.2 Å². The summed E-state index contributed by atoms with van der Waals surface area (Å²) in [6.45, 7) is -1.59. The van der Waals surface area contributed by atoms with Crippen LogP contribution in [0.5, 0.6) is 0 Å². The van der Waals surface area contributed by atoms with Crippen molar-refractivity contribution < 1.29 is 71.4 Å². The smallest absolute Gasteiger partial charge is 0.387 e. The summed E-state index contributed by atoms with van der Waals surface area (Å²) in [6, 6.07) is 0. The first-order valence-electron chi connectivity index (χ1n) is 13.1. The zero-order valence-corrected chi connectivity index (χ0v) is 25.0. The third-order valence-corrected chi connectivity index (χ3v) is 9.97. The van der Waals surface area contributed by atoms with E-state index >= 15 is 0 Å². The average Bonchev–Trinajstić information content (AvgIpc) is 3.44. The zero-order valence-electron chi connectivity index (χ0n) is 23.2. The summed E-state index contributed by atoms with van der Waals surface area (Å²) in [5.41, 5.74) is 11.0. The molecule has 246 valence electrons. The molecule has 0 spiro atoms. The molecule has 4 rings (SSSR count). The number of nitrogens with zero attached hydrogens (tertiary/aromatic N) is 2. The minimum absolute atomic E-state index is 0.207. The summed E-state index contributed by atoms with van der Waals surface area (Å²) < 4.78 is 55.8. The van der Waals surface area contributed by atoms with E-state index in [0.717, 1.165) is 7.11 Å². The molecule has 2 amide bonds. The van der Waals surface area contributed by atoms with Crippen LogP contribution < -0.4 is 11.5 Å². The summed E-state index contributed by atoms with van der Waals surface area (Å²) >= 11 is 0. The zero-order chi connectivity index (χ0) is 32.4. The molecule has 0 aromatic heterocycles. The van der Waals surface area contributed by atoms with E-state index in [1.807, 2.05) is 0 Å². The Balaban J connectivity index is 1.32. The van der Waals surface area contributed by atoms with E-state index in [4.69, 9.17) is 30.0 Å². The third-order valence-electron chi connectivity index (χ3n) is 6.96. The molecule has 0 bridgehead atoms. The van der Waals surface area contributed by atoms with Gasteiger partial charge in [0.25, 0.3) is 0 Å². The molecule has 10 atom stereocenters. The van der Waals surface area contributed by atoms with E-state index < -0.39 is 89.8 Å². The Labute approximate surface area is 250 Å². The Kier molecular flexibility index (Phi) is 10.9. The van der Waals surface area contributed by atoms with Gasteiger partial charge in [0.2, 0.25) is 11.8 Å². The normalized spacial score (nSPS) is 34.8. The van der Waals surface area contributed by atoms with Crippen LogP contribution in [0.1, 0.15) is 12.8 Å². The Morgan fingerprint density at radius 2 is 1.27 bits per heavy atom. The lowest BCUT2D eigenvalue weighted by atomic mass is 10.1. The van der Waals surface area contributed by atoms with Crippen LogP contribution in [0.15, 0.2) is 48.1 Å². The lowest BCUT2D eigenvalue weighted by Gasteiger charge is -2.28. The number of primary amides is 2. The van der Waals surface area contributed by atoms with Gasteiger partial charge < -0.3 is 56.1 Å². The van der Waals surface area contributed by atoms with Crippen molar-refractivity contribution in [2.75, 3.05) is 20.3 Å². The maximum Gasteiger partial charge on any atom is 0.483 e. The second-order valence-electron chi connectivity index (χ2n) is 9.97. The highest BCUT2D eigenvalue weighted by Gasteiger charge is 2.49. The van der Waals surface area contributed by atoms with Gasteiger partial charge >= 0.3 is 15.6 Å². The highest BCUT2D eigenvalue weighted by Crippen LogP contribution is 2.63. The number of carbonyl (C=O) groups excluding carboxylic acids is 2. The maximum atomic E-state index is 13.0. The molecule has 2 fully saturated rings. The standard InChI is InChI=1S/C23H34N4O15P2/c1-37-44(36,39-11-15-17(29)19(31)23(41-15)27-7-3-5-13(9-27)21(25)33)42-43(34,35)38-10-14-16(28)18(30)22(40-14)26-6-2-4-12(8-26)20(24)32/h2-3,6-9,14-19,22-23,28-31H,4-5,10-11H2,1H3,(H2,24,32)(H2,25,33)(H,34,35)/t14-,15-,16-,17-,18-,19-,22-,23+,44?/m1/s1. The first kappa shape index (κ1) is 34.4. The summed E-state index contributed by atoms with van der Waals surface area (Å²) in [5, 5.41) is 41.7. The lowest BCUT2D eigenvalue weighted by molar-refractivity contribution is -0.115. The van der Waals surface area contributed by atoms with E-state index in [9.17, 15) is 44.0 Å². The lowest BCUT2D eigenvalue weighted by Crippen LogP contribution is -2.40. The van der Waals surface area contributed by atoms with Crippen molar-refractivity contribution in [1.82, 2.24) is 9.80 Å². The number of hydrogen-bond donors (Lipinski definition) is 7. The monoisotopic (exact) mass is 668 g/mol. The van der Waals surface area contributed by atoms with Crippen molar-refractivity contribution in [3.05, 3.63) is 48.1 Å². The van der Waals surface area contributed by atoms with Crippen LogP contribution >= 0.6 is 15.6 Å². The SMILES string of the molecule is COP(=O)(OC[C@H]1O[C@H](N2C=CCC(C(N)=O)=C2)[C@H](O)[C@@H]1O)OP(=O)(O)OC[C@H]1O[C@@H](N2C=CCC(C(N)=O)=C2)[C@H](O)[C@@H]1O. The van der Waals surface area contributed by atoms with E-state index in [1.54, 1.807) is 12.2 Å². The molecule has 2 unspecified atom stereocenters. The summed E-state index contributed by atoms with van der Waals surface area (Å²) in [5.74, 6) is -1.39. The van der Waals surface area contributed by atoms with Gasteiger partial charge in [0.05, 0.1) is 13.2 Å². The Hall–Kier alpha value is -2.48. The predicted octanol–water partition coefficient (Wildman–Crippen LogP) is -2.04. The van der Waals surface area contributed by atoms with Crippen molar-refractivity contribution >= 4 is 27.5 Å². The van der Waals surface area contributed by atoms with Crippen molar-refractivity contribution in [1.29, 1.82) is 0 Å². The molecule has 4 aliphatic heterocycles. The number of allylic oxidation sites excluding steroid dienone is 2. The highest BCUT2D eigenvalue weighted by atomic mass is 31.3. The highest BCUT2D eigenvalue weighted by molar-refractivity contribution is 7.61. The van der Waals surface area contributed by atoms with Crippen LogP contribution in [0.25, 0.3) is 0 Å². The van der Waals surface area contributed by atoms with Gasteiger partial charge in [-0.2, -0.15) is 4.31 Å². The topological polar surface area (TPSA) is 283 Å². The number of aliphatic hydroxyl groups is 4. The molecule has 21 heteroatoms. The van der Waals surface area contributed by atoms with Crippen molar-refractivity contribution in [2.45, 2.75) is 61.9 Å². The van der Waals surface area contributed by atoms with Gasteiger partial charge in [0, 0.05) is 43.1 Å². The fourth-order valence-corrected chi connectivity index (χ4v) is 7.04. The molecule has 44 heavy (non-hydrogen) atoms. The first-order chi connectivity index (χ1) is 20.6. The van der Waals surface area contributed by atoms with Crippen LogP contribution in [0.3, 0.4) is 0 Å². The summed E-state index contributed by atoms with van der Waals surface area (Å²) in [4.78, 5) is 35.8. The van der Waals surface area contributed by atoms with E-state index in [1.165, 1.54) is 34.6 Å². The van der Waals surface area contributed by atoms with Crippen molar-refractivity contribution in [3.8, 4) is 0 Å². The van der Waals surface area contributed by atoms with E-state index in [2.05, 4.69) is 8.83 Å². The Morgan fingerprint density at radius 1 is 0.841 bits per heavy atom. The van der Waals surface area contributed by atoms with Gasteiger partial charge in [-0.05, 0) is 12.8 Å². The second-order valence-corrected chi connectivity index (χ2v) is 13.3. The van der Waals surface area contributed by atoms with Crippen molar-refractivity contribution in [2.24, 2.45) is 11.5 Å². The number of phosphoric acid groups is 2. The number of amides is 2. The number of phosphoric ester groups is 2. The van der Waals surface area contributed by atoms with Crippen LogP contribution in [0, 0.1) is 0 Å². The minimum atomic E-state index is -5.25. The minimum Gasteiger partial charge on any atom is -0.387 e. The van der Waals surface area contributed by atoms with Crippen LogP contribution in [0.4, 0.5) is 0 Å². The van der Waals surface area contributed by atoms with Crippen molar-refractivity contribution in [3.63, 3.8) is 0 Å². The van der Waals surface area contributed by atoms with Gasteiger partial charge in [-0.1, -0.05) is 12.2 Å². The fraction of sp³-hybridized carbons (Fsp3) is 0.565. The molecule has 4 aliphatic rings. The number of ether oxygens (including phenoxy) is 2. The number of aliphatic hydroxyl groups excluding tert-OH is 4. The number of hydrogen-bond acceptors (Lipinski definition) is 16. The van der Waals surface area contributed by atoms with Crippen LogP contribution in [0.2, 0.25) is 0 Å².